The van der Waals surface area contributed by atoms with Gasteiger partial charge in [0.1, 0.15) is 0 Å². The van der Waals surface area contributed by atoms with Crippen molar-refractivity contribution in [1.82, 2.24) is 10.6 Å². The summed E-state index contributed by atoms with van der Waals surface area (Å²) in [5.74, 6) is 0.121. The smallest absolute Gasteiger partial charge is 0.222 e. The Kier molecular flexibility index (Phi) is 5.56. The highest BCUT2D eigenvalue weighted by Gasteiger charge is 2.22. The van der Waals surface area contributed by atoms with Crippen LogP contribution in [0.2, 0.25) is 0 Å². The molecule has 1 aliphatic rings. The van der Waals surface area contributed by atoms with E-state index in [1.807, 2.05) is 0 Å². The number of likely N-dealkylation sites (N-methyl/N-ethyl adjacent to an activating group) is 1. The van der Waals surface area contributed by atoms with E-state index in [1.54, 1.807) is 0 Å². The maximum atomic E-state index is 11.2. The summed E-state index contributed by atoms with van der Waals surface area (Å²) < 4.78 is 5.29. The van der Waals surface area contributed by atoms with Crippen LogP contribution in [0.4, 0.5) is 0 Å². The molecular weight excluding hydrogens is 180 g/mol. The van der Waals surface area contributed by atoms with Gasteiger partial charge in [-0.2, -0.15) is 0 Å². The fourth-order valence-electron chi connectivity index (χ4n) is 1.12. The number of ether oxygens (including phenoxy) is 1. The lowest BCUT2D eigenvalue weighted by Crippen LogP contribution is -2.27. The quantitative estimate of drug-likeness (QED) is 0.553. The second kappa shape index (κ2) is 6.79. The van der Waals surface area contributed by atoms with E-state index in [9.17, 15) is 4.79 Å². The molecule has 1 rings (SSSR count). The molecule has 4 nitrogen and oxygen atoms in total. The second-order valence-corrected chi connectivity index (χ2v) is 3.56. The molecule has 1 fully saturated rings. The van der Waals surface area contributed by atoms with Crippen LogP contribution in [0.15, 0.2) is 0 Å². The average Bonchev–Trinajstić information content (AvgIpc) is 2.95. The Bertz CT molecular complexity index is 170. The summed E-state index contributed by atoms with van der Waals surface area (Å²) in [4.78, 5) is 11.2. The van der Waals surface area contributed by atoms with Gasteiger partial charge in [-0.15, -0.1) is 0 Å². The normalized spacial score (nSPS) is 15.5. The monoisotopic (exact) mass is 200 g/mol. The predicted molar refractivity (Wildman–Crippen MR) is 55.1 cm³/mol. The number of carbonyl (C=O) groups is 1. The van der Waals surface area contributed by atoms with Crippen molar-refractivity contribution in [2.75, 3.05) is 26.3 Å². The fourth-order valence-corrected chi connectivity index (χ4v) is 1.12. The third-order valence-corrected chi connectivity index (χ3v) is 2.09. The van der Waals surface area contributed by atoms with E-state index in [2.05, 4.69) is 17.6 Å². The van der Waals surface area contributed by atoms with E-state index in [0.29, 0.717) is 25.7 Å². The molecule has 1 aliphatic carbocycles. The summed E-state index contributed by atoms with van der Waals surface area (Å²) in [6.45, 7) is 5.10. The SMILES string of the molecule is CCNCCOCCC(=O)NC1CC1. The number of nitrogens with one attached hydrogen (secondary N) is 2. The molecule has 1 saturated carbocycles. The van der Waals surface area contributed by atoms with E-state index in [0.717, 1.165) is 25.9 Å². The first-order chi connectivity index (χ1) is 6.83. The van der Waals surface area contributed by atoms with Crippen molar-refractivity contribution in [2.45, 2.75) is 32.2 Å². The molecule has 0 heterocycles. The summed E-state index contributed by atoms with van der Waals surface area (Å²) in [6, 6.07) is 0.462. The minimum atomic E-state index is 0.121. The van der Waals surface area contributed by atoms with Gasteiger partial charge in [-0.3, -0.25) is 4.79 Å². The molecule has 2 N–H and O–H groups in total. The summed E-state index contributed by atoms with van der Waals surface area (Å²) in [5, 5.41) is 6.07. The molecule has 0 aromatic heterocycles. The summed E-state index contributed by atoms with van der Waals surface area (Å²) in [7, 11) is 0. The van der Waals surface area contributed by atoms with Crippen molar-refractivity contribution in [3.63, 3.8) is 0 Å². The van der Waals surface area contributed by atoms with Crippen molar-refractivity contribution in [3.8, 4) is 0 Å². The lowest BCUT2D eigenvalue weighted by molar-refractivity contribution is -0.122. The minimum absolute atomic E-state index is 0.121. The number of hydrogen-bond donors (Lipinski definition) is 2. The number of amides is 1. The van der Waals surface area contributed by atoms with Gasteiger partial charge in [-0.25, -0.2) is 0 Å². The van der Waals surface area contributed by atoms with E-state index < -0.39 is 0 Å². The first-order valence-corrected chi connectivity index (χ1v) is 5.40. The standard InChI is InChI=1S/C10H20N2O2/c1-2-11-6-8-14-7-5-10(13)12-9-3-4-9/h9,11H,2-8H2,1H3,(H,12,13). The van der Waals surface area contributed by atoms with Crippen LogP contribution >= 0.6 is 0 Å². The zero-order valence-corrected chi connectivity index (χ0v) is 8.84. The van der Waals surface area contributed by atoms with Gasteiger partial charge < -0.3 is 15.4 Å². The largest absolute Gasteiger partial charge is 0.380 e. The van der Waals surface area contributed by atoms with Gasteiger partial charge >= 0.3 is 0 Å². The minimum Gasteiger partial charge on any atom is -0.380 e. The Labute approximate surface area is 85.4 Å². The summed E-state index contributed by atoms with van der Waals surface area (Å²) in [5.41, 5.74) is 0. The van der Waals surface area contributed by atoms with Crippen LogP contribution in [0.1, 0.15) is 26.2 Å². The molecule has 0 saturated heterocycles. The third-order valence-electron chi connectivity index (χ3n) is 2.09. The Morgan fingerprint density at radius 2 is 2.21 bits per heavy atom. The van der Waals surface area contributed by atoms with Crippen LogP contribution in [0.5, 0.6) is 0 Å². The molecular formula is C10H20N2O2. The van der Waals surface area contributed by atoms with Crippen LogP contribution in [-0.2, 0) is 9.53 Å². The predicted octanol–water partition coefficient (Wildman–Crippen LogP) is 0.281. The van der Waals surface area contributed by atoms with Gasteiger partial charge in [0.05, 0.1) is 13.2 Å². The van der Waals surface area contributed by atoms with Gasteiger partial charge in [0.2, 0.25) is 5.91 Å². The topological polar surface area (TPSA) is 50.4 Å². The van der Waals surface area contributed by atoms with Crippen LogP contribution in [-0.4, -0.2) is 38.3 Å². The fraction of sp³-hybridized carbons (Fsp3) is 0.900. The Hall–Kier alpha value is -0.610. The van der Waals surface area contributed by atoms with Crippen LogP contribution in [0, 0.1) is 0 Å². The first kappa shape index (κ1) is 11.5. The maximum Gasteiger partial charge on any atom is 0.222 e. The molecule has 0 spiro atoms. The van der Waals surface area contributed by atoms with Crippen molar-refractivity contribution in [1.29, 1.82) is 0 Å². The molecule has 0 aromatic rings. The zero-order chi connectivity index (χ0) is 10.2. The average molecular weight is 200 g/mol. The molecule has 0 radical (unpaired) electrons. The molecule has 0 bridgehead atoms. The first-order valence-electron chi connectivity index (χ1n) is 5.40. The summed E-state index contributed by atoms with van der Waals surface area (Å²) in [6.07, 6.45) is 2.78. The Morgan fingerprint density at radius 1 is 1.43 bits per heavy atom. The molecule has 0 unspecified atom stereocenters. The molecule has 14 heavy (non-hydrogen) atoms. The zero-order valence-electron chi connectivity index (χ0n) is 8.84. The van der Waals surface area contributed by atoms with E-state index in [4.69, 9.17) is 4.74 Å². The van der Waals surface area contributed by atoms with Gasteiger partial charge in [0, 0.05) is 19.0 Å². The highest BCUT2D eigenvalue weighted by atomic mass is 16.5. The number of carbonyl (C=O) groups excluding carboxylic acids is 1. The molecule has 82 valence electrons. The highest BCUT2D eigenvalue weighted by molar-refractivity contribution is 5.76. The second-order valence-electron chi connectivity index (χ2n) is 3.56. The molecule has 1 amide bonds. The van der Waals surface area contributed by atoms with Crippen LogP contribution in [0.3, 0.4) is 0 Å². The Morgan fingerprint density at radius 3 is 2.86 bits per heavy atom. The molecule has 0 atom stereocenters. The van der Waals surface area contributed by atoms with Crippen LogP contribution < -0.4 is 10.6 Å². The molecule has 4 heteroatoms. The van der Waals surface area contributed by atoms with E-state index in [1.165, 1.54) is 0 Å². The van der Waals surface area contributed by atoms with E-state index in [-0.39, 0.29) is 5.91 Å². The number of rotatable bonds is 8. The van der Waals surface area contributed by atoms with Gasteiger partial charge in [-0.05, 0) is 19.4 Å². The van der Waals surface area contributed by atoms with Crippen molar-refractivity contribution >= 4 is 5.91 Å². The van der Waals surface area contributed by atoms with Gasteiger partial charge in [0.25, 0.3) is 0 Å². The van der Waals surface area contributed by atoms with Crippen molar-refractivity contribution in [2.24, 2.45) is 0 Å². The Balaban J connectivity index is 1.80. The van der Waals surface area contributed by atoms with Crippen LogP contribution in [0.25, 0.3) is 0 Å². The lowest BCUT2D eigenvalue weighted by atomic mass is 10.4. The van der Waals surface area contributed by atoms with Gasteiger partial charge in [0.15, 0.2) is 0 Å². The highest BCUT2D eigenvalue weighted by Crippen LogP contribution is 2.18. The maximum absolute atomic E-state index is 11.2. The van der Waals surface area contributed by atoms with E-state index >= 15 is 0 Å². The lowest BCUT2D eigenvalue weighted by Gasteiger charge is -2.05. The molecule has 0 aliphatic heterocycles. The van der Waals surface area contributed by atoms with Crippen molar-refractivity contribution < 1.29 is 9.53 Å². The summed E-state index contributed by atoms with van der Waals surface area (Å²) >= 11 is 0. The third kappa shape index (κ3) is 5.94. The molecule has 0 aromatic carbocycles. The van der Waals surface area contributed by atoms with Crippen molar-refractivity contribution in [3.05, 3.63) is 0 Å². The van der Waals surface area contributed by atoms with Gasteiger partial charge in [-0.1, -0.05) is 6.92 Å². The number of hydrogen-bond acceptors (Lipinski definition) is 3.